The Kier molecular flexibility index (Phi) is 3.78. The van der Waals surface area contributed by atoms with E-state index >= 15 is 0 Å². The average Bonchev–Trinajstić information content (AvgIpc) is 3.03. The lowest BCUT2D eigenvalue weighted by atomic mass is 10.1. The number of hydrogen-bond donors (Lipinski definition) is 2. The van der Waals surface area contributed by atoms with Gasteiger partial charge in [-0.2, -0.15) is 0 Å². The molecule has 0 bridgehead atoms. The van der Waals surface area contributed by atoms with Crippen LogP contribution >= 0.6 is 0 Å². The summed E-state index contributed by atoms with van der Waals surface area (Å²) in [6.45, 7) is 6.76. The Hall–Kier alpha value is -1.36. The molecule has 2 aliphatic rings. The van der Waals surface area contributed by atoms with Gasteiger partial charge in [0.15, 0.2) is 0 Å². The van der Waals surface area contributed by atoms with E-state index in [2.05, 4.69) is 39.3 Å². The molecule has 20 heavy (non-hydrogen) atoms. The van der Waals surface area contributed by atoms with Crippen molar-refractivity contribution < 1.29 is 0 Å². The maximum Gasteiger partial charge on any atom is 0.135 e. The van der Waals surface area contributed by atoms with Crippen molar-refractivity contribution in [3.05, 3.63) is 11.9 Å². The molecule has 2 aliphatic heterocycles. The van der Waals surface area contributed by atoms with Crippen molar-refractivity contribution >= 4 is 11.6 Å². The Balaban J connectivity index is 1.78. The highest BCUT2D eigenvalue weighted by Crippen LogP contribution is 2.30. The smallest absolute Gasteiger partial charge is 0.135 e. The molecule has 5 nitrogen and oxygen atoms in total. The van der Waals surface area contributed by atoms with Crippen LogP contribution in [0.25, 0.3) is 0 Å². The molecule has 0 saturated carbocycles. The Bertz CT molecular complexity index is 473. The highest BCUT2D eigenvalue weighted by Gasteiger charge is 2.37. The van der Waals surface area contributed by atoms with E-state index in [1.807, 2.05) is 13.1 Å². The third-order valence-corrected chi connectivity index (χ3v) is 4.46. The first-order chi connectivity index (χ1) is 9.67. The number of nitrogens with zero attached hydrogens (tertiary/aromatic N) is 3. The zero-order chi connectivity index (χ0) is 14.1. The molecule has 0 spiro atoms. The molecule has 110 valence electrons. The van der Waals surface area contributed by atoms with Gasteiger partial charge < -0.3 is 10.6 Å². The lowest BCUT2D eigenvalue weighted by molar-refractivity contribution is 0.318. The van der Waals surface area contributed by atoms with Crippen molar-refractivity contribution in [3.63, 3.8) is 0 Å². The van der Waals surface area contributed by atoms with Gasteiger partial charge in [-0.05, 0) is 25.8 Å². The largest absolute Gasteiger partial charge is 0.373 e. The monoisotopic (exact) mass is 275 g/mol. The van der Waals surface area contributed by atoms with Gasteiger partial charge in [0.05, 0.1) is 0 Å². The lowest BCUT2D eigenvalue weighted by Crippen LogP contribution is -2.34. The van der Waals surface area contributed by atoms with E-state index in [0.29, 0.717) is 18.0 Å². The fourth-order valence-corrected chi connectivity index (χ4v) is 3.37. The first-order valence-corrected chi connectivity index (χ1v) is 7.74. The van der Waals surface area contributed by atoms with Crippen molar-refractivity contribution in [2.75, 3.05) is 30.8 Å². The predicted octanol–water partition coefficient (Wildman–Crippen LogP) is 2.29. The van der Waals surface area contributed by atoms with Crippen LogP contribution in [0.3, 0.4) is 0 Å². The second kappa shape index (κ2) is 5.56. The summed E-state index contributed by atoms with van der Waals surface area (Å²) in [6, 6.07) is 3.26. The number of nitrogens with one attached hydrogen (secondary N) is 2. The van der Waals surface area contributed by atoms with Crippen LogP contribution in [0.15, 0.2) is 6.07 Å². The molecule has 5 heteroatoms. The summed E-state index contributed by atoms with van der Waals surface area (Å²) in [4.78, 5) is 11.8. The summed E-state index contributed by atoms with van der Waals surface area (Å²) in [6.07, 6.45) is 3.88. The molecule has 3 rings (SSSR count). The zero-order valence-electron chi connectivity index (χ0n) is 12.7. The quantitative estimate of drug-likeness (QED) is 0.883. The van der Waals surface area contributed by atoms with Crippen LogP contribution in [-0.4, -0.2) is 47.1 Å². The summed E-state index contributed by atoms with van der Waals surface area (Å²) in [5.41, 5.74) is 0. The summed E-state index contributed by atoms with van der Waals surface area (Å²) in [5.74, 6) is 3.11. The molecule has 1 aromatic rings. The van der Waals surface area contributed by atoms with Crippen molar-refractivity contribution in [2.45, 2.75) is 51.1 Å². The van der Waals surface area contributed by atoms with E-state index in [0.717, 1.165) is 17.5 Å². The third-order valence-electron chi connectivity index (χ3n) is 4.46. The molecule has 3 heterocycles. The van der Waals surface area contributed by atoms with Gasteiger partial charge in [0.2, 0.25) is 0 Å². The SMILES string of the molecule is CNc1cc(NC2CCN3CCCC23)nc(C(C)C)n1. The van der Waals surface area contributed by atoms with E-state index in [4.69, 9.17) is 0 Å². The number of hydrogen-bond acceptors (Lipinski definition) is 5. The molecule has 2 unspecified atom stereocenters. The van der Waals surface area contributed by atoms with E-state index in [9.17, 15) is 0 Å². The van der Waals surface area contributed by atoms with E-state index in [1.54, 1.807) is 0 Å². The number of anilines is 2. The Morgan fingerprint density at radius 3 is 2.75 bits per heavy atom. The standard InChI is InChI=1S/C15H25N5/c1-10(2)15-18-13(16-3)9-14(19-15)17-11-6-8-20-7-4-5-12(11)20/h9-12H,4-8H2,1-3H3,(H2,16,17,18,19). The van der Waals surface area contributed by atoms with Crippen LogP contribution in [-0.2, 0) is 0 Å². The lowest BCUT2D eigenvalue weighted by Gasteiger charge is -2.22. The number of fused-ring (bicyclic) bond motifs is 1. The van der Waals surface area contributed by atoms with Gasteiger partial charge >= 0.3 is 0 Å². The second-order valence-electron chi connectivity index (χ2n) is 6.19. The van der Waals surface area contributed by atoms with Gasteiger partial charge in [-0.3, -0.25) is 4.90 Å². The normalized spacial score (nSPS) is 26.0. The van der Waals surface area contributed by atoms with Crippen LogP contribution in [0.2, 0.25) is 0 Å². The maximum absolute atomic E-state index is 4.68. The molecule has 0 aliphatic carbocycles. The highest BCUT2D eigenvalue weighted by atomic mass is 15.2. The molecule has 0 amide bonds. The van der Waals surface area contributed by atoms with Gasteiger partial charge in [-0.25, -0.2) is 9.97 Å². The van der Waals surface area contributed by atoms with Crippen LogP contribution in [0, 0.1) is 0 Å². The molecule has 0 aromatic carbocycles. The zero-order valence-corrected chi connectivity index (χ0v) is 12.7. The second-order valence-corrected chi connectivity index (χ2v) is 6.19. The molecule has 2 atom stereocenters. The van der Waals surface area contributed by atoms with E-state index in [1.165, 1.54) is 32.4 Å². The Labute approximate surface area is 121 Å². The summed E-state index contributed by atoms with van der Waals surface area (Å²) < 4.78 is 0. The molecule has 1 aromatic heterocycles. The molecular weight excluding hydrogens is 250 g/mol. The minimum atomic E-state index is 0.343. The molecule has 2 saturated heterocycles. The van der Waals surface area contributed by atoms with Gasteiger partial charge in [-0.1, -0.05) is 13.8 Å². The molecule has 0 radical (unpaired) electrons. The topological polar surface area (TPSA) is 53.1 Å². The average molecular weight is 275 g/mol. The van der Waals surface area contributed by atoms with Crippen molar-refractivity contribution in [2.24, 2.45) is 0 Å². The van der Waals surface area contributed by atoms with Gasteiger partial charge in [0.25, 0.3) is 0 Å². The minimum absolute atomic E-state index is 0.343. The molecule has 2 fully saturated rings. The van der Waals surface area contributed by atoms with E-state index < -0.39 is 0 Å². The summed E-state index contributed by atoms with van der Waals surface area (Å²) in [7, 11) is 1.91. The predicted molar refractivity (Wildman–Crippen MR) is 82.3 cm³/mol. The summed E-state index contributed by atoms with van der Waals surface area (Å²) >= 11 is 0. The van der Waals surface area contributed by atoms with Gasteiger partial charge in [0, 0.05) is 37.7 Å². The van der Waals surface area contributed by atoms with E-state index in [-0.39, 0.29) is 0 Å². The van der Waals surface area contributed by atoms with Crippen molar-refractivity contribution in [3.8, 4) is 0 Å². The van der Waals surface area contributed by atoms with Gasteiger partial charge in [-0.15, -0.1) is 0 Å². The molecular formula is C15H25N5. The number of rotatable bonds is 4. The maximum atomic E-state index is 4.68. The van der Waals surface area contributed by atoms with Crippen LogP contribution < -0.4 is 10.6 Å². The first-order valence-electron chi connectivity index (χ1n) is 7.74. The first kappa shape index (κ1) is 13.6. The fourth-order valence-electron chi connectivity index (χ4n) is 3.37. The molecule has 2 N–H and O–H groups in total. The van der Waals surface area contributed by atoms with Crippen LogP contribution in [0.1, 0.15) is 44.9 Å². The number of aromatic nitrogens is 2. The van der Waals surface area contributed by atoms with Crippen molar-refractivity contribution in [1.29, 1.82) is 0 Å². The van der Waals surface area contributed by atoms with Crippen molar-refractivity contribution in [1.82, 2.24) is 14.9 Å². The Morgan fingerprint density at radius 1 is 1.20 bits per heavy atom. The van der Waals surface area contributed by atoms with Crippen LogP contribution in [0.4, 0.5) is 11.6 Å². The van der Waals surface area contributed by atoms with Crippen LogP contribution in [0.5, 0.6) is 0 Å². The highest BCUT2D eigenvalue weighted by molar-refractivity contribution is 5.48. The Morgan fingerprint density at radius 2 is 2.00 bits per heavy atom. The fraction of sp³-hybridized carbons (Fsp3) is 0.733. The van der Waals surface area contributed by atoms with Gasteiger partial charge in [0.1, 0.15) is 17.5 Å². The third kappa shape index (κ3) is 2.59. The summed E-state index contributed by atoms with van der Waals surface area (Å²) in [5, 5.41) is 6.78. The minimum Gasteiger partial charge on any atom is -0.373 e.